The van der Waals surface area contributed by atoms with E-state index in [4.69, 9.17) is 0 Å². The van der Waals surface area contributed by atoms with Crippen molar-refractivity contribution < 1.29 is 9.18 Å². The van der Waals surface area contributed by atoms with E-state index in [-0.39, 0.29) is 24.2 Å². The van der Waals surface area contributed by atoms with Crippen molar-refractivity contribution in [1.82, 2.24) is 24.5 Å². The van der Waals surface area contributed by atoms with Crippen LogP contribution in [0.25, 0.3) is 0 Å². The minimum atomic E-state index is -0.370. The van der Waals surface area contributed by atoms with Gasteiger partial charge in [-0.15, -0.1) is 5.10 Å². The molecule has 3 aromatic rings. The molecule has 7 nitrogen and oxygen atoms in total. The standard InChI is InChI=1S/C15H14BrFN6O/c1-2-23-13(11(16)7-19-23)14(24)20-15-18-9-22(21-15)8-10-5-3-4-6-12(10)17/h3-7,9H,2,8H2,1H3,(H,20,21,24). The summed E-state index contributed by atoms with van der Waals surface area (Å²) >= 11 is 3.30. The third kappa shape index (κ3) is 3.35. The number of anilines is 1. The van der Waals surface area contributed by atoms with E-state index in [2.05, 4.69) is 36.4 Å². The molecule has 0 saturated heterocycles. The van der Waals surface area contributed by atoms with Crippen LogP contribution in [0, 0.1) is 5.82 Å². The number of nitrogens with zero attached hydrogens (tertiary/aromatic N) is 5. The van der Waals surface area contributed by atoms with Gasteiger partial charge in [-0.1, -0.05) is 18.2 Å². The lowest BCUT2D eigenvalue weighted by molar-refractivity contribution is 0.101. The van der Waals surface area contributed by atoms with Gasteiger partial charge in [-0.05, 0) is 28.9 Å². The number of benzene rings is 1. The van der Waals surface area contributed by atoms with Crippen molar-refractivity contribution in [3.8, 4) is 0 Å². The third-order valence-electron chi connectivity index (χ3n) is 3.36. The second-order valence-electron chi connectivity index (χ2n) is 4.97. The highest BCUT2D eigenvalue weighted by Gasteiger charge is 2.18. The molecule has 9 heteroatoms. The van der Waals surface area contributed by atoms with E-state index in [1.54, 1.807) is 29.1 Å². The molecule has 0 radical (unpaired) electrons. The lowest BCUT2D eigenvalue weighted by Crippen LogP contribution is -2.19. The zero-order valence-electron chi connectivity index (χ0n) is 12.8. The van der Waals surface area contributed by atoms with Gasteiger partial charge in [-0.25, -0.2) is 14.1 Å². The van der Waals surface area contributed by atoms with E-state index in [1.165, 1.54) is 17.1 Å². The SMILES string of the molecule is CCn1ncc(Br)c1C(=O)Nc1ncn(Cc2ccccc2F)n1. The number of aryl methyl sites for hydroxylation is 1. The fraction of sp³-hybridized carbons (Fsp3) is 0.200. The minimum absolute atomic E-state index is 0.145. The van der Waals surface area contributed by atoms with Crippen LogP contribution in [0.1, 0.15) is 23.0 Å². The van der Waals surface area contributed by atoms with Gasteiger partial charge in [0.2, 0.25) is 5.95 Å². The van der Waals surface area contributed by atoms with Crippen LogP contribution in [0.4, 0.5) is 10.3 Å². The topological polar surface area (TPSA) is 77.6 Å². The number of hydrogen-bond acceptors (Lipinski definition) is 4. The van der Waals surface area contributed by atoms with Gasteiger partial charge in [-0.2, -0.15) is 5.10 Å². The van der Waals surface area contributed by atoms with Crippen LogP contribution in [0.15, 0.2) is 41.3 Å². The van der Waals surface area contributed by atoms with Crippen molar-refractivity contribution in [2.45, 2.75) is 20.0 Å². The molecule has 0 bridgehead atoms. The Hall–Kier alpha value is -2.55. The molecular weight excluding hydrogens is 379 g/mol. The van der Waals surface area contributed by atoms with Crippen molar-refractivity contribution in [3.05, 3.63) is 58.3 Å². The van der Waals surface area contributed by atoms with E-state index in [9.17, 15) is 9.18 Å². The van der Waals surface area contributed by atoms with Gasteiger partial charge in [0, 0.05) is 12.1 Å². The van der Waals surface area contributed by atoms with E-state index < -0.39 is 0 Å². The quantitative estimate of drug-likeness (QED) is 0.723. The third-order valence-corrected chi connectivity index (χ3v) is 3.94. The number of aromatic nitrogens is 5. The molecule has 0 atom stereocenters. The Bertz CT molecular complexity index is 874. The monoisotopic (exact) mass is 392 g/mol. The normalized spacial score (nSPS) is 10.8. The fourth-order valence-electron chi connectivity index (χ4n) is 2.22. The predicted molar refractivity (Wildman–Crippen MR) is 89.1 cm³/mol. The smallest absolute Gasteiger partial charge is 0.277 e. The fourth-order valence-corrected chi connectivity index (χ4v) is 2.69. The predicted octanol–water partition coefficient (Wildman–Crippen LogP) is 2.70. The second-order valence-corrected chi connectivity index (χ2v) is 5.82. The molecule has 124 valence electrons. The Morgan fingerprint density at radius 1 is 1.38 bits per heavy atom. The summed E-state index contributed by atoms with van der Waals surface area (Å²) in [5, 5.41) is 10.8. The molecule has 0 aliphatic heterocycles. The maximum Gasteiger partial charge on any atom is 0.277 e. The molecule has 2 aromatic heterocycles. The van der Waals surface area contributed by atoms with Crippen molar-refractivity contribution >= 4 is 27.8 Å². The number of carbonyl (C=O) groups is 1. The highest BCUT2D eigenvalue weighted by Crippen LogP contribution is 2.17. The Balaban J connectivity index is 1.73. The molecular formula is C15H14BrFN6O. The summed E-state index contributed by atoms with van der Waals surface area (Å²) in [4.78, 5) is 16.4. The summed E-state index contributed by atoms with van der Waals surface area (Å²) in [5.41, 5.74) is 0.884. The number of hydrogen-bond donors (Lipinski definition) is 1. The first kappa shape index (κ1) is 16.3. The molecule has 24 heavy (non-hydrogen) atoms. The lowest BCUT2D eigenvalue weighted by Gasteiger charge is -2.05. The molecule has 3 rings (SSSR count). The van der Waals surface area contributed by atoms with Gasteiger partial charge in [0.25, 0.3) is 5.91 Å². The molecule has 1 amide bonds. The Labute approximate surface area is 145 Å². The van der Waals surface area contributed by atoms with Crippen molar-refractivity contribution in [2.24, 2.45) is 0 Å². The van der Waals surface area contributed by atoms with Crippen LogP contribution in [0.2, 0.25) is 0 Å². The van der Waals surface area contributed by atoms with Gasteiger partial charge >= 0.3 is 0 Å². The zero-order chi connectivity index (χ0) is 17.1. The maximum absolute atomic E-state index is 13.7. The molecule has 1 N–H and O–H groups in total. The first-order valence-electron chi connectivity index (χ1n) is 7.24. The number of amides is 1. The molecule has 0 unspecified atom stereocenters. The molecule has 0 aliphatic rings. The number of carbonyl (C=O) groups excluding carboxylic acids is 1. The first-order chi connectivity index (χ1) is 11.6. The van der Waals surface area contributed by atoms with E-state index in [0.717, 1.165) is 0 Å². The minimum Gasteiger partial charge on any atom is -0.288 e. The summed E-state index contributed by atoms with van der Waals surface area (Å²) in [6.07, 6.45) is 3.00. The maximum atomic E-state index is 13.7. The number of nitrogens with one attached hydrogen (secondary N) is 1. The molecule has 0 aliphatic carbocycles. The summed E-state index contributed by atoms with van der Waals surface area (Å²) in [7, 11) is 0. The Morgan fingerprint density at radius 2 is 2.17 bits per heavy atom. The molecule has 0 spiro atoms. The number of halogens is 2. The first-order valence-corrected chi connectivity index (χ1v) is 8.03. The number of rotatable bonds is 5. The van der Waals surface area contributed by atoms with Crippen molar-refractivity contribution in [3.63, 3.8) is 0 Å². The Kier molecular flexibility index (Phi) is 4.70. The largest absolute Gasteiger partial charge is 0.288 e. The van der Waals surface area contributed by atoms with Gasteiger partial charge in [0.05, 0.1) is 17.2 Å². The van der Waals surface area contributed by atoms with Gasteiger partial charge < -0.3 is 0 Å². The Morgan fingerprint density at radius 3 is 2.92 bits per heavy atom. The highest BCUT2D eigenvalue weighted by atomic mass is 79.9. The van der Waals surface area contributed by atoms with E-state index in [1.807, 2.05) is 6.92 Å². The molecule has 1 aromatic carbocycles. The van der Waals surface area contributed by atoms with Crippen LogP contribution in [-0.2, 0) is 13.1 Å². The van der Waals surface area contributed by atoms with Crippen LogP contribution in [0.5, 0.6) is 0 Å². The van der Waals surface area contributed by atoms with Crippen LogP contribution >= 0.6 is 15.9 Å². The van der Waals surface area contributed by atoms with Crippen molar-refractivity contribution in [2.75, 3.05) is 5.32 Å². The van der Waals surface area contributed by atoms with Crippen molar-refractivity contribution in [1.29, 1.82) is 0 Å². The molecule has 2 heterocycles. The van der Waals surface area contributed by atoms with E-state index in [0.29, 0.717) is 22.3 Å². The summed E-state index contributed by atoms with van der Waals surface area (Å²) in [6, 6.07) is 6.44. The van der Waals surface area contributed by atoms with Gasteiger partial charge in [-0.3, -0.25) is 14.8 Å². The summed E-state index contributed by atoms with van der Waals surface area (Å²) < 4.78 is 17.3. The van der Waals surface area contributed by atoms with E-state index >= 15 is 0 Å². The van der Waals surface area contributed by atoms with Crippen LogP contribution < -0.4 is 5.32 Å². The average molecular weight is 393 g/mol. The summed E-state index contributed by atoms with van der Waals surface area (Å²) in [6.45, 7) is 2.67. The second kappa shape index (κ2) is 6.91. The highest BCUT2D eigenvalue weighted by molar-refractivity contribution is 9.10. The molecule has 0 fully saturated rings. The van der Waals surface area contributed by atoms with Crippen LogP contribution in [0.3, 0.4) is 0 Å². The van der Waals surface area contributed by atoms with Crippen LogP contribution in [-0.4, -0.2) is 30.5 Å². The summed E-state index contributed by atoms with van der Waals surface area (Å²) in [5.74, 6) is -0.536. The lowest BCUT2D eigenvalue weighted by atomic mass is 10.2. The van der Waals surface area contributed by atoms with Gasteiger partial charge in [0.15, 0.2) is 0 Å². The average Bonchev–Trinajstić information content (AvgIpc) is 3.15. The molecule has 0 saturated carbocycles. The van der Waals surface area contributed by atoms with Gasteiger partial charge in [0.1, 0.15) is 17.8 Å². The zero-order valence-corrected chi connectivity index (χ0v) is 14.4.